The number of nitrogens with one attached hydrogen (secondary N) is 1. The molecular formula is C13H16FNO4. The number of halogens is 1. The van der Waals surface area contributed by atoms with E-state index in [9.17, 15) is 14.0 Å². The van der Waals surface area contributed by atoms with Crippen LogP contribution < -0.4 is 5.32 Å². The van der Waals surface area contributed by atoms with Gasteiger partial charge < -0.3 is 15.2 Å². The number of rotatable bonds is 6. The number of aliphatic carboxylic acids is 1. The minimum Gasteiger partial charge on any atom is -0.480 e. The normalized spacial score (nSPS) is 11.9. The lowest BCUT2D eigenvalue weighted by Crippen LogP contribution is -2.41. The first-order chi connectivity index (χ1) is 8.95. The van der Waals surface area contributed by atoms with E-state index in [1.54, 1.807) is 6.92 Å². The highest BCUT2D eigenvalue weighted by atomic mass is 19.1. The van der Waals surface area contributed by atoms with E-state index in [2.05, 4.69) is 5.32 Å². The zero-order chi connectivity index (χ0) is 14.4. The highest BCUT2D eigenvalue weighted by molar-refractivity contribution is 5.97. The molecule has 1 rings (SSSR count). The second-order valence-electron chi connectivity index (χ2n) is 4.11. The Bertz CT molecular complexity index is 476. The molecule has 0 fully saturated rings. The molecule has 19 heavy (non-hydrogen) atoms. The highest BCUT2D eigenvalue weighted by Crippen LogP contribution is 2.10. The van der Waals surface area contributed by atoms with Gasteiger partial charge in [-0.15, -0.1) is 0 Å². The summed E-state index contributed by atoms with van der Waals surface area (Å²) in [5.41, 5.74) is 0.707. The smallest absolute Gasteiger partial charge is 0.326 e. The summed E-state index contributed by atoms with van der Waals surface area (Å²) in [7, 11) is 1.44. The molecule has 1 unspecified atom stereocenters. The van der Waals surface area contributed by atoms with Crippen LogP contribution in [0.2, 0.25) is 0 Å². The lowest BCUT2D eigenvalue weighted by Gasteiger charge is -2.15. The number of ether oxygens (including phenoxy) is 1. The molecule has 104 valence electrons. The molecule has 5 nitrogen and oxygen atoms in total. The van der Waals surface area contributed by atoms with Gasteiger partial charge in [0.15, 0.2) is 0 Å². The molecule has 0 aliphatic heterocycles. The Kier molecular flexibility index (Phi) is 5.44. The Hall–Kier alpha value is -1.95. The predicted molar refractivity (Wildman–Crippen MR) is 66.5 cm³/mol. The number of amides is 1. The molecule has 0 aliphatic rings. The van der Waals surface area contributed by atoms with Gasteiger partial charge in [-0.2, -0.15) is 0 Å². The molecule has 0 saturated carbocycles. The van der Waals surface area contributed by atoms with E-state index < -0.39 is 23.7 Å². The average molecular weight is 269 g/mol. The predicted octanol–water partition coefficient (Wildman–Crippen LogP) is 1.35. The van der Waals surface area contributed by atoms with Crippen LogP contribution >= 0.6 is 0 Å². The van der Waals surface area contributed by atoms with Crippen LogP contribution in [0.25, 0.3) is 0 Å². The molecule has 0 bridgehead atoms. The van der Waals surface area contributed by atoms with Gasteiger partial charge in [-0.25, -0.2) is 9.18 Å². The quantitative estimate of drug-likeness (QED) is 0.817. The molecule has 0 spiro atoms. The summed E-state index contributed by atoms with van der Waals surface area (Å²) in [6.45, 7) is 1.86. The van der Waals surface area contributed by atoms with E-state index >= 15 is 0 Å². The van der Waals surface area contributed by atoms with Gasteiger partial charge in [0.1, 0.15) is 11.9 Å². The Labute approximate surface area is 110 Å². The first-order valence-corrected chi connectivity index (χ1v) is 5.74. The van der Waals surface area contributed by atoms with Crippen molar-refractivity contribution in [3.8, 4) is 0 Å². The Morgan fingerprint density at radius 3 is 2.74 bits per heavy atom. The molecule has 2 N–H and O–H groups in total. The van der Waals surface area contributed by atoms with E-state index in [0.29, 0.717) is 5.56 Å². The summed E-state index contributed by atoms with van der Waals surface area (Å²) >= 11 is 0. The maximum absolute atomic E-state index is 13.1. The number of benzene rings is 1. The number of carboxylic acid groups (broad SMARTS) is 1. The number of carbonyl (C=O) groups is 2. The third-order valence-electron chi connectivity index (χ3n) is 2.66. The lowest BCUT2D eigenvalue weighted by atomic mass is 10.1. The molecule has 0 saturated heterocycles. The van der Waals surface area contributed by atoms with Gasteiger partial charge in [0.05, 0.1) is 0 Å². The van der Waals surface area contributed by atoms with Crippen LogP contribution in [-0.2, 0) is 9.53 Å². The fraction of sp³-hybridized carbons (Fsp3) is 0.385. The molecular weight excluding hydrogens is 253 g/mol. The third-order valence-corrected chi connectivity index (χ3v) is 2.66. The number of hydrogen-bond acceptors (Lipinski definition) is 3. The number of hydrogen-bond donors (Lipinski definition) is 2. The highest BCUT2D eigenvalue weighted by Gasteiger charge is 2.21. The molecule has 0 aromatic heterocycles. The van der Waals surface area contributed by atoms with Gasteiger partial charge in [0.2, 0.25) is 0 Å². The van der Waals surface area contributed by atoms with Crippen LogP contribution in [0.4, 0.5) is 4.39 Å². The summed E-state index contributed by atoms with van der Waals surface area (Å²) in [6, 6.07) is 2.73. The van der Waals surface area contributed by atoms with E-state index in [1.807, 2.05) is 0 Å². The van der Waals surface area contributed by atoms with Gasteiger partial charge in [-0.05, 0) is 24.6 Å². The van der Waals surface area contributed by atoms with Gasteiger partial charge in [0.25, 0.3) is 5.91 Å². The van der Waals surface area contributed by atoms with Gasteiger partial charge in [0, 0.05) is 25.7 Å². The number of carbonyl (C=O) groups excluding carboxylic acids is 1. The van der Waals surface area contributed by atoms with Crippen molar-refractivity contribution in [2.24, 2.45) is 0 Å². The van der Waals surface area contributed by atoms with Crippen molar-refractivity contribution in [2.75, 3.05) is 13.7 Å². The zero-order valence-corrected chi connectivity index (χ0v) is 10.8. The van der Waals surface area contributed by atoms with Crippen LogP contribution in [-0.4, -0.2) is 36.7 Å². The van der Waals surface area contributed by atoms with Crippen LogP contribution in [0.1, 0.15) is 22.3 Å². The van der Waals surface area contributed by atoms with Crippen LogP contribution in [0.3, 0.4) is 0 Å². The second kappa shape index (κ2) is 6.84. The lowest BCUT2D eigenvalue weighted by molar-refractivity contribution is -0.139. The molecule has 0 radical (unpaired) electrons. The minimum absolute atomic E-state index is 0.128. The first-order valence-electron chi connectivity index (χ1n) is 5.74. The first kappa shape index (κ1) is 15.1. The number of carboxylic acids is 1. The molecule has 1 aromatic rings. The monoisotopic (exact) mass is 269 g/mol. The second-order valence-corrected chi connectivity index (χ2v) is 4.11. The maximum atomic E-state index is 13.1. The molecule has 1 aromatic carbocycles. The Morgan fingerprint density at radius 2 is 2.16 bits per heavy atom. The van der Waals surface area contributed by atoms with Crippen LogP contribution in [0, 0.1) is 12.7 Å². The summed E-state index contributed by atoms with van der Waals surface area (Å²) < 4.78 is 17.9. The largest absolute Gasteiger partial charge is 0.480 e. The maximum Gasteiger partial charge on any atom is 0.326 e. The molecule has 1 atom stereocenters. The van der Waals surface area contributed by atoms with Gasteiger partial charge in [-0.3, -0.25) is 4.79 Å². The molecule has 0 aliphatic carbocycles. The molecule has 6 heteroatoms. The van der Waals surface area contributed by atoms with E-state index in [-0.39, 0.29) is 18.6 Å². The SMILES string of the molecule is COCCC(NC(=O)c1cc(F)ccc1C)C(=O)O. The van der Waals surface area contributed by atoms with Crippen molar-refractivity contribution in [2.45, 2.75) is 19.4 Å². The Morgan fingerprint density at radius 1 is 1.47 bits per heavy atom. The molecule has 0 heterocycles. The van der Waals surface area contributed by atoms with Gasteiger partial charge in [-0.1, -0.05) is 6.07 Å². The zero-order valence-electron chi connectivity index (χ0n) is 10.8. The molecule has 1 amide bonds. The van der Waals surface area contributed by atoms with Crippen LogP contribution in [0.5, 0.6) is 0 Å². The van der Waals surface area contributed by atoms with E-state index in [4.69, 9.17) is 9.84 Å². The van der Waals surface area contributed by atoms with Gasteiger partial charge >= 0.3 is 5.97 Å². The van der Waals surface area contributed by atoms with Crippen molar-refractivity contribution >= 4 is 11.9 Å². The van der Waals surface area contributed by atoms with E-state index in [0.717, 1.165) is 6.07 Å². The summed E-state index contributed by atoms with van der Waals surface area (Å²) in [4.78, 5) is 22.9. The standard InChI is InChI=1S/C13H16FNO4/c1-8-3-4-9(14)7-10(8)12(16)15-11(13(17)18)5-6-19-2/h3-4,7,11H,5-6H2,1-2H3,(H,15,16)(H,17,18). The van der Waals surface area contributed by atoms with Crippen LogP contribution in [0.15, 0.2) is 18.2 Å². The number of aryl methyl sites for hydroxylation is 1. The summed E-state index contributed by atoms with van der Waals surface area (Å²) in [5, 5.41) is 11.3. The fourth-order valence-electron chi connectivity index (χ4n) is 1.57. The van der Waals surface area contributed by atoms with Crippen molar-refractivity contribution in [3.05, 3.63) is 35.1 Å². The summed E-state index contributed by atoms with van der Waals surface area (Å²) in [5.74, 6) is -2.31. The number of methoxy groups -OCH3 is 1. The van der Waals surface area contributed by atoms with Crippen molar-refractivity contribution in [1.29, 1.82) is 0 Å². The van der Waals surface area contributed by atoms with Crippen molar-refractivity contribution < 1.29 is 23.8 Å². The van der Waals surface area contributed by atoms with Crippen molar-refractivity contribution in [3.63, 3.8) is 0 Å². The fourth-order valence-corrected chi connectivity index (χ4v) is 1.57. The summed E-state index contributed by atoms with van der Waals surface area (Å²) in [6.07, 6.45) is 0.145. The topological polar surface area (TPSA) is 75.6 Å². The minimum atomic E-state index is -1.15. The average Bonchev–Trinajstić information content (AvgIpc) is 2.36. The third kappa shape index (κ3) is 4.33. The van der Waals surface area contributed by atoms with Crippen molar-refractivity contribution in [1.82, 2.24) is 5.32 Å². The van der Waals surface area contributed by atoms with E-state index in [1.165, 1.54) is 19.2 Å². The Balaban J connectivity index is 2.81.